The van der Waals surface area contributed by atoms with Gasteiger partial charge in [0.15, 0.2) is 0 Å². The number of carbonyl (C=O) groups excluding carboxylic acids is 1. The van der Waals surface area contributed by atoms with Crippen LogP contribution in [-0.4, -0.2) is 19.0 Å². The molecule has 0 fully saturated rings. The third-order valence-corrected chi connectivity index (χ3v) is 2.09. The van der Waals surface area contributed by atoms with E-state index in [1.54, 1.807) is 0 Å². The SMILES string of the molecule is NCCNC(=O)CCc1ccc(N)cc1. The zero-order valence-corrected chi connectivity index (χ0v) is 8.70. The lowest BCUT2D eigenvalue weighted by molar-refractivity contribution is -0.120. The van der Waals surface area contributed by atoms with Gasteiger partial charge in [-0.15, -0.1) is 0 Å². The quantitative estimate of drug-likeness (QED) is 0.606. The van der Waals surface area contributed by atoms with Gasteiger partial charge in [0.25, 0.3) is 0 Å². The maximum Gasteiger partial charge on any atom is 0.220 e. The van der Waals surface area contributed by atoms with Crippen LogP contribution >= 0.6 is 0 Å². The molecule has 1 aromatic rings. The van der Waals surface area contributed by atoms with Crippen LogP contribution in [0.2, 0.25) is 0 Å². The molecule has 1 aromatic carbocycles. The molecule has 4 heteroatoms. The van der Waals surface area contributed by atoms with Crippen LogP contribution in [0.3, 0.4) is 0 Å². The lowest BCUT2D eigenvalue weighted by Gasteiger charge is -2.03. The summed E-state index contributed by atoms with van der Waals surface area (Å²) in [6, 6.07) is 7.55. The zero-order chi connectivity index (χ0) is 11.1. The van der Waals surface area contributed by atoms with Gasteiger partial charge in [-0.2, -0.15) is 0 Å². The molecule has 15 heavy (non-hydrogen) atoms. The van der Waals surface area contributed by atoms with Crippen LogP contribution in [0, 0.1) is 0 Å². The van der Waals surface area contributed by atoms with E-state index in [0.717, 1.165) is 17.7 Å². The first-order valence-electron chi connectivity index (χ1n) is 5.03. The van der Waals surface area contributed by atoms with Crippen LogP contribution in [0.15, 0.2) is 24.3 Å². The van der Waals surface area contributed by atoms with Gasteiger partial charge < -0.3 is 16.8 Å². The topological polar surface area (TPSA) is 81.1 Å². The van der Waals surface area contributed by atoms with E-state index in [-0.39, 0.29) is 5.91 Å². The molecule has 1 amide bonds. The highest BCUT2D eigenvalue weighted by Gasteiger charge is 2.00. The van der Waals surface area contributed by atoms with Crippen molar-refractivity contribution in [1.29, 1.82) is 0 Å². The first-order chi connectivity index (χ1) is 7.22. The summed E-state index contributed by atoms with van der Waals surface area (Å²) in [5.41, 5.74) is 12.7. The summed E-state index contributed by atoms with van der Waals surface area (Å²) in [6.07, 6.45) is 1.22. The highest BCUT2D eigenvalue weighted by molar-refractivity contribution is 5.76. The van der Waals surface area contributed by atoms with Crippen molar-refractivity contribution < 1.29 is 4.79 Å². The minimum Gasteiger partial charge on any atom is -0.399 e. The van der Waals surface area contributed by atoms with E-state index in [2.05, 4.69) is 5.32 Å². The molecule has 0 heterocycles. The maximum atomic E-state index is 11.3. The number of rotatable bonds is 5. The Bertz CT molecular complexity index is 308. The van der Waals surface area contributed by atoms with E-state index < -0.39 is 0 Å². The molecule has 0 atom stereocenters. The van der Waals surface area contributed by atoms with Crippen molar-refractivity contribution in [2.24, 2.45) is 5.73 Å². The van der Waals surface area contributed by atoms with Crippen molar-refractivity contribution in [3.8, 4) is 0 Å². The fraction of sp³-hybridized carbons (Fsp3) is 0.364. The molecule has 0 aliphatic heterocycles. The molecular formula is C11H17N3O. The zero-order valence-electron chi connectivity index (χ0n) is 8.70. The summed E-state index contributed by atoms with van der Waals surface area (Å²) in [5, 5.41) is 2.73. The number of anilines is 1. The number of carbonyl (C=O) groups is 1. The van der Waals surface area contributed by atoms with Crippen LogP contribution in [0.4, 0.5) is 5.69 Å². The van der Waals surface area contributed by atoms with Crippen molar-refractivity contribution in [2.75, 3.05) is 18.8 Å². The standard InChI is InChI=1S/C11H17N3O/c12-7-8-14-11(15)6-3-9-1-4-10(13)5-2-9/h1-2,4-5H,3,6-8,12-13H2,(H,14,15). The van der Waals surface area contributed by atoms with Crippen molar-refractivity contribution >= 4 is 11.6 Å². The van der Waals surface area contributed by atoms with Crippen LogP contribution in [0.5, 0.6) is 0 Å². The molecule has 0 aliphatic rings. The predicted octanol–water partition coefficient (Wildman–Crippen LogP) is 0.276. The van der Waals surface area contributed by atoms with Crippen LogP contribution < -0.4 is 16.8 Å². The number of nitrogens with one attached hydrogen (secondary N) is 1. The van der Waals surface area contributed by atoms with E-state index in [1.165, 1.54) is 0 Å². The van der Waals surface area contributed by atoms with Gasteiger partial charge in [-0.3, -0.25) is 4.79 Å². The number of benzene rings is 1. The minimum absolute atomic E-state index is 0.0391. The van der Waals surface area contributed by atoms with Gasteiger partial charge in [0, 0.05) is 25.2 Å². The second-order valence-electron chi connectivity index (χ2n) is 3.38. The van der Waals surface area contributed by atoms with Gasteiger partial charge in [0.2, 0.25) is 5.91 Å². The van der Waals surface area contributed by atoms with Crippen molar-refractivity contribution in [3.63, 3.8) is 0 Å². The van der Waals surface area contributed by atoms with Crippen LogP contribution in [0.1, 0.15) is 12.0 Å². The fourth-order valence-electron chi connectivity index (χ4n) is 1.24. The van der Waals surface area contributed by atoms with E-state index >= 15 is 0 Å². The molecule has 0 aliphatic carbocycles. The lowest BCUT2D eigenvalue weighted by Crippen LogP contribution is -2.29. The Morgan fingerprint density at radius 1 is 1.27 bits per heavy atom. The van der Waals surface area contributed by atoms with Crippen molar-refractivity contribution in [3.05, 3.63) is 29.8 Å². The Morgan fingerprint density at radius 2 is 1.93 bits per heavy atom. The molecule has 5 N–H and O–H groups in total. The molecule has 1 rings (SSSR count). The highest BCUT2D eigenvalue weighted by Crippen LogP contribution is 2.07. The molecule has 0 radical (unpaired) electrons. The Balaban J connectivity index is 2.30. The Kier molecular flexibility index (Phi) is 4.63. The first kappa shape index (κ1) is 11.5. The average molecular weight is 207 g/mol. The number of aryl methyl sites for hydroxylation is 1. The summed E-state index contributed by atoms with van der Waals surface area (Å²) >= 11 is 0. The number of amides is 1. The van der Waals surface area contributed by atoms with E-state index in [0.29, 0.717) is 19.5 Å². The van der Waals surface area contributed by atoms with Crippen LogP contribution in [0.25, 0.3) is 0 Å². The summed E-state index contributed by atoms with van der Waals surface area (Å²) in [4.78, 5) is 11.3. The normalized spacial score (nSPS) is 9.93. The Morgan fingerprint density at radius 3 is 2.53 bits per heavy atom. The van der Waals surface area contributed by atoms with Gasteiger partial charge in [0.05, 0.1) is 0 Å². The molecule has 0 unspecified atom stereocenters. The van der Waals surface area contributed by atoms with Gasteiger partial charge in [0.1, 0.15) is 0 Å². The second-order valence-corrected chi connectivity index (χ2v) is 3.38. The van der Waals surface area contributed by atoms with Gasteiger partial charge in [-0.05, 0) is 24.1 Å². The van der Waals surface area contributed by atoms with Gasteiger partial charge >= 0.3 is 0 Å². The average Bonchev–Trinajstić information content (AvgIpc) is 2.25. The number of nitrogen functional groups attached to an aromatic ring is 1. The molecule has 0 saturated carbocycles. The third kappa shape index (κ3) is 4.46. The maximum absolute atomic E-state index is 11.3. The summed E-state index contributed by atoms with van der Waals surface area (Å²) in [6.45, 7) is 1.02. The number of hydrogen-bond donors (Lipinski definition) is 3. The fourth-order valence-corrected chi connectivity index (χ4v) is 1.24. The smallest absolute Gasteiger partial charge is 0.220 e. The summed E-state index contributed by atoms with van der Waals surface area (Å²) < 4.78 is 0. The second kappa shape index (κ2) is 6.03. The van der Waals surface area contributed by atoms with E-state index in [9.17, 15) is 4.79 Å². The number of hydrogen-bond acceptors (Lipinski definition) is 3. The van der Waals surface area contributed by atoms with Crippen molar-refractivity contribution in [1.82, 2.24) is 5.32 Å². The highest BCUT2D eigenvalue weighted by atomic mass is 16.1. The lowest BCUT2D eigenvalue weighted by atomic mass is 10.1. The molecule has 0 saturated heterocycles. The number of nitrogens with two attached hydrogens (primary N) is 2. The monoisotopic (exact) mass is 207 g/mol. The molecule has 82 valence electrons. The third-order valence-electron chi connectivity index (χ3n) is 2.09. The van der Waals surface area contributed by atoms with E-state index in [4.69, 9.17) is 11.5 Å². The van der Waals surface area contributed by atoms with Gasteiger partial charge in [-0.1, -0.05) is 12.1 Å². The van der Waals surface area contributed by atoms with Crippen molar-refractivity contribution in [2.45, 2.75) is 12.8 Å². The summed E-state index contributed by atoms with van der Waals surface area (Å²) in [7, 11) is 0. The van der Waals surface area contributed by atoms with Gasteiger partial charge in [-0.25, -0.2) is 0 Å². The first-order valence-corrected chi connectivity index (χ1v) is 5.03. The minimum atomic E-state index is 0.0391. The Hall–Kier alpha value is -1.55. The van der Waals surface area contributed by atoms with Crippen LogP contribution in [-0.2, 0) is 11.2 Å². The Labute approximate surface area is 89.6 Å². The predicted molar refractivity (Wildman–Crippen MR) is 61.2 cm³/mol. The molecule has 4 nitrogen and oxygen atoms in total. The largest absolute Gasteiger partial charge is 0.399 e. The molecule has 0 bridgehead atoms. The molecule has 0 aromatic heterocycles. The molecule has 0 spiro atoms. The molecular weight excluding hydrogens is 190 g/mol. The summed E-state index contributed by atoms with van der Waals surface area (Å²) in [5.74, 6) is 0.0391. The van der Waals surface area contributed by atoms with E-state index in [1.807, 2.05) is 24.3 Å².